The molecule has 0 saturated heterocycles. The molecule has 0 bridgehead atoms. The first kappa shape index (κ1) is 21.7. The normalized spacial score (nSPS) is 14.7. The van der Waals surface area contributed by atoms with Gasteiger partial charge in [-0.25, -0.2) is 8.42 Å². The molecule has 29 heavy (non-hydrogen) atoms. The summed E-state index contributed by atoms with van der Waals surface area (Å²) in [5.41, 5.74) is 1.45. The van der Waals surface area contributed by atoms with E-state index in [-0.39, 0.29) is 17.3 Å². The summed E-state index contributed by atoms with van der Waals surface area (Å²) < 4.78 is 27.6. The van der Waals surface area contributed by atoms with Crippen LogP contribution in [0.5, 0.6) is 0 Å². The maximum Gasteiger partial charge on any atom is 0.264 e. The van der Waals surface area contributed by atoms with E-state index in [0.29, 0.717) is 17.5 Å². The van der Waals surface area contributed by atoms with Crippen molar-refractivity contribution in [2.75, 3.05) is 23.1 Å². The fraction of sp³-hybridized carbons (Fsp3) is 0.409. The molecule has 0 aliphatic heterocycles. The van der Waals surface area contributed by atoms with Gasteiger partial charge in [-0.1, -0.05) is 48.7 Å². The smallest absolute Gasteiger partial charge is 0.264 e. The van der Waals surface area contributed by atoms with Gasteiger partial charge in [-0.2, -0.15) is 11.8 Å². The predicted octanol–water partition coefficient (Wildman–Crippen LogP) is 3.98. The highest BCUT2D eigenvalue weighted by molar-refractivity contribution is 7.99. The Kier molecular flexibility index (Phi) is 7.61. The molecule has 1 saturated carbocycles. The second kappa shape index (κ2) is 10.2. The summed E-state index contributed by atoms with van der Waals surface area (Å²) in [6, 6.07) is 15.4. The van der Waals surface area contributed by atoms with E-state index in [4.69, 9.17) is 0 Å². The van der Waals surface area contributed by atoms with Crippen molar-refractivity contribution >= 4 is 33.4 Å². The minimum absolute atomic E-state index is 0.177. The quantitative estimate of drug-likeness (QED) is 0.609. The van der Waals surface area contributed by atoms with Crippen molar-refractivity contribution < 1.29 is 13.2 Å². The van der Waals surface area contributed by atoms with Crippen LogP contribution in [0.1, 0.15) is 31.2 Å². The fourth-order valence-electron chi connectivity index (χ4n) is 3.40. The molecule has 0 unspecified atom stereocenters. The van der Waals surface area contributed by atoms with Crippen LogP contribution in [-0.4, -0.2) is 38.4 Å². The topological polar surface area (TPSA) is 66.5 Å². The number of thioether (sulfide) groups is 1. The Balaban J connectivity index is 1.67. The van der Waals surface area contributed by atoms with Gasteiger partial charge in [-0.15, -0.1) is 0 Å². The molecule has 7 heteroatoms. The van der Waals surface area contributed by atoms with Crippen molar-refractivity contribution in [3.05, 3.63) is 60.2 Å². The van der Waals surface area contributed by atoms with Crippen LogP contribution in [0.4, 0.5) is 5.69 Å². The summed E-state index contributed by atoms with van der Waals surface area (Å²) in [6.07, 6.45) is 5.12. The third kappa shape index (κ3) is 6.00. The van der Waals surface area contributed by atoms with Crippen molar-refractivity contribution in [2.45, 2.75) is 42.8 Å². The Morgan fingerprint density at radius 1 is 1.07 bits per heavy atom. The predicted molar refractivity (Wildman–Crippen MR) is 120 cm³/mol. The Hall–Kier alpha value is -1.99. The van der Waals surface area contributed by atoms with Gasteiger partial charge in [0.1, 0.15) is 6.54 Å². The third-order valence-corrected chi connectivity index (χ3v) is 8.19. The maximum absolute atomic E-state index is 13.2. The number of benzene rings is 2. The highest BCUT2D eigenvalue weighted by Gasteiger charge is 2.27. The lowest BCUT2D eigenvalue weighted by Gasteiger charge is -2.24. The third-order valence-electron chi connectivity index (χ3n) is 5.02. The number of anilines is 1. The van der Waals surface area contributed by atoms with E-state index >= 15 is 0 Å². The molecule has 1 N–H and O–H groups in total. The summed E-state index contributed by atoms with van der Waals surface area (Å²) in [6.45, 7) is 2.21. The van der Waals surface area contributed by atoms with E-state index in [0.717, 1.165) is 11.3 Å². The second-order valence-electron chi connectivity index (χ2n) is 7.29. The number of nitrogens with one attached hydrogen (secondary N) is 1. The summed E-state index contributed by atoms with van der Waals surface area (Å²) in [5.74, 6) is 0.559. The maximum atomic E-state index is 13.2. The van der Waals surface area contributed by atoms with Gasteiger partial charge in [-0.3, -0.25) is 9.10 Å². The van der Waals surface area contributed by atoms with Gasteiger partial charge in [0, 0.05) is 17.5 Å². The summed E-state index contributed by atoms with van der Waals surface area (Å²) >= 11 is 1.90. The van der Waals surface area contributed by atoms with Crippen molar-refractivity contribution in [3.63, 3.8) is 0 Å². The molecular formula is C22H28N2O3S2. The highest BCUT2D eigenvalue weighted by atomic mass is 32.2. The number of aryl methyl sites for hydroxylation is 1. The summed E-state index contributed by atoms with van der Waals surface area (Å²) in [5, 5.41) is 3.58. The molecule has 1 aliphatic rings. The van der Waals surface area contributed by atoms with E-state index in [9.17, 15) is 13.2 Å². The minimum atomic E-state index is -3.84. The summed E-state index contributed by atoms with van der Waals surface area (Å²) in [7, 11) is -3.84. The molecule has 1 amide bonds. The molecule has 0 aromatic heterocycles. The molecule has 0 heterocycles. The van der Waals surface area contributed by atoms with Crippen LogP contribution < -0.4 is 9.62 Å². The van der Waals surface area contributed by atoms with Gasteiger partial charge < -0.3 is 5.32 Å². The molecule has 1 aliphatic carbocycles. The molecule has 5 nitrogen and oxygen atoms in total. The van der Waals surface area contributed by atoms with Crippen LogP contribution in [0, 0.1) is 6.92 Å². The molecule has 2 aromatic carbocycles. The van der Waals surface area contributed by atoms with Crippen LogP contribution in [0.15, 0.2) is 59.5 Å². The first-order valence-electron chi connectivity index (χ1n) is 9.99. The van der Waals surface area contributed by atoms with Crippen molar-refractivity contribution in [3.8, 4) is 0 Å². The molecule has 1 fully saturated rings. The van der Waals surface area contributed by atoms with E-state index in [1.165, 1.54) is 30.0 Å². The van der Waals surface area contributed by atoms with Gasteiger partial charge in [0.05, 0.1) is 10.6 Å². The van der Waals surface area contributed by atoms with Gasteiger partial charge >= 0.3 is 0 Å². The number of nitrogens with zero attached hydrogens (tertiary/aromatic N) is 1. The number of hydrogen-bond acceptors (Lipinski definition) is 4. The number of rotatable bonds is 9. The average molecular weight is 433 g/mol. The number of para-hydroxylation sites is 1. The lowest BCUT2D eigenvalue weighted by atomic mass is 10.2. The van der Waals surface area contributed by atoms with E-state index in [1.54, 1.807) is 48.5 Å². The van der Waals surface area contributed by atoms with Gasteiger partial charge in [0.2, 0.25) is 5.91 Å². The first-order chi connectivity index (χ1) is 14.0. The highest BCUT2D eigenvalue weighted by Crippen LogP contribution is 2.29. The molecule has 0 radical (unpaired) electrons. The van der Waals surface area contributed by atoms with Crippen LogP contribution >= 0.6 is 11.8 Å². The number of hydrogen-bond donors (Lipinski definition) is 1. The molecule has 0 atom stereocenters. The van der Waals surface area contributed by atoms with Crippen LogP contribution in [0.2, 0.25) is 0 Å². The zero-order valence-corrected chi connectivity index (χ0v) is 18.3. The zero-order valence-electron chi connectivity index (χ0n) is 16.7. The number of carbonyl (C=O) groups is 1. The number of sulfonamides is 1. The lowest BCUT2D eigenvalue weighted by Crippen LogP contribution is -2.41. The van der Waals surface area contributed by atoms with Crippen molar-refractivity contribution in [2.24, 2.45) is 0 Å². The zero-order chi connectivity index (χ0) is 20.7. The second-order valence-corrected chi connectivity index (χ2v) is 10.6. The van der Waals surface area contributed by atoms with E-state index in [2.05, 4.69) is 5.32 Å². The van der Waals surface area contributed by atoms with Gasteiger partial charge in [0.15, 0.2) is 0 Å². The fourth-order valence-corrected chi connectivity index (χ4v) is 6.05. The Morgan fingerprint density at radius 2 is 1.72 bits per heavy atom. The van der Waals surface area contributed by atoms with E-state index in [1.807, 2.05) is 24.8 Å². The Bertz CT molecular complexity index is 893. The lowest BCUT2D eigenvalue weighted by molar-refractivity contribution is -0.119. The van der Waals surface area contributed by atoms with Crippen LogP contribution in [0.3, 0.4) is 0 Å². The average Bonchev–Trinajstić information content (AvgIpc) is 3.24. The Morgan fingerprint density at radius 3 is 2.38 bits per heavy atom. The summed E-state index contributed by atoms with van der Waals surface area (Å²) in [4.78, 5) is 12.7. The minimum Gasteiger partial charge on any atom is -0.354 e. The molecule has 156 valence electrons. The monoisotopic (exact) mass is 432 g/mol. The SMILES string of the molecule is Cc1ccc(S(=O)(=O)N(CC(=O)NCCSC2CCCC2)c2ccccc2)cc1. The van der Waals surface area contributed by atoms with Gasteiger partial charge in [-0.05, 0) is 44.0 Å². The van der Waals surface area contributed by atoms with Crippen LogP contribution in [-0.2, 0) is 14.8 Å². The van der Waals surface area contributed by atoms with Crippen molar-refractivity contribution in [1.29, 1.82) is 0 Å². The molecular weight excluding hydrogens is 404 g/mol. The van der Waals surface area contributed by atoms with Gasteiger partial charge in [0.25, 0.3) is 10.0 Å². The molecule has 2 aromatic rings. The number of amides is 1. The van der Waals surface area contributed by atoms with Crippen LogP contribution in [0.25, 0.3) is 0 Å². The first-order valence-corrected chi connectivity index (χ1v) is 12.5. The standard InChI is InChI=1S/C22H28N2O3S2/c1-18-11-13-21(14-12-18)29(26,27)24(19-7-3-2-4-8-19)17-22(25)23-15-16-28-20-9-5-6-10-20/h2-4,7-8,11-14,20H,5-6,9-10,15-17H2,1H3,(H,23,25). The molecule has 3 rings (SSSR count). The Labute approximate surface area is 177 Å². The number of carbonyl (C=O) groups excluding carboxylic acids is 1. The largest absolute Gasteiger partial charge is 0.354 e. The molecule has 0 spiro atoms. The van der Waals surface area contributed by atoms with Crippen molar-refractivity contribution in [1.82, 2.24) is 5.32 Å². The van der Waals surface area contributed by atoms with E-state index < -0.39 is 10.0 Å².